The predicted molar refractivity (Wildman–Crippen MR) is 104 cm³/mol. The first-order valence-electron chi connectivity index (χ1n) is 8.73. The largest absolute Gasteiger partial charge is 0.366 e. The van der Waals surface area contributed by atoms with Crippen molar-refractivity contribution in [1.29, 1.82) is 0 Å². The molecule has 126 valence electrons. The van der Waals surface area contributed by atoms with E-state index >= 15 is 0 Å². The Balaban J connectivity index is 1.55. The maximum Gasteiger partial charge on any atom is 0.135 e. The summed E-state index contributed by atoms with van der Waals surface area (Å²) in [5.41, 5.74) is 3.12. The zero-order valence-corrected chi connectivity index (χ0v) is 14.7. The van der Waals surface area contributed by atoms with Gasteiger partial charge in [-0.05, 0) is 37.0 Å². The molecular weight excluding hydrogens is 330 g/mol. The highest BCUT2D eigenvalue weighted by Crippen LogP contribution is 2.36. The number of rotatable bonds is 3. The Kier molecular flexibility index (Phi) is 4.82. The Labute approximate surface area is 153 Å². The number of hydrogen-bond acceptors (Lipinski definition) is 2. The molecule has 0 saturated carbocycles. The summed E-state index contributed by atoms with van der Waals surface area (Å²) in [6.07, 6.45) is 7.55. The molecule has 2 atom stereocenters. The minimum atomic E-state index is 0.00350. The van der Waals surface area contributed by atoms with Gasteiger partial charge in [0.1, 0.15) is 5.15 Å². The summed E-state index contributed by atoms with van der Waals surface area (Å²) < 4.78 is 6.31. The number of aromatic nitrogens is 1. The van der Waals surface area contributed by atoms with Gasteiger partial charge in [0.2, 0.25) is 0 Å². The highest BCUT2D eigenvalue weighted by molar-refractivity contribution is 6.30. The molecule has 2 heterocycles. The average molecular weight is 350 g/mol. The smallest absolute Gasteiger partial charge is 0.135 e. The second-order valence-electron chi connectivity index (χ2n) is 6.42. The first-order chi connectivity index (χ1) is 12.3. The maximum atomic E-state index is 6.45. The first-order valence-corrected chi connectivity index (χ1v) is 9.11. The van der Waals surface area contributed by atoms with E-state index in [0.29, 0.717) is 5.15 Å². The van der Waals surface area contributed by atoms with E-state index in [1.807, 2.05) is 36.4 Å². The summed E-state index contributed by atoms with van der Waals surface area (Å²) in [7, 11) is 0. The third kappa shape index (κ3) is 3.76. The van der Waals surface area contributed by atoms with Crippen LogP contribution in [-0.2, 0) is 4.74 Å². The zero-order chi connectivity index (χ0) is 17.1. The monoisotopic (exact) mass is 349 g/mol. The lowest BCUT2D eigenvalue weighted by Crippen LogP contribution is -2.21. The van der Waals surface area contributed by atoms with Crippen LogP contribution in [0.4, 0.5) is 0 Å². The number of nitrogens with zero attached hydrogens (tertiary/aromatic N) is 1. The van der Waals surface area contributed by atoms with Gasteiger partial charge in [-0.3, -0.25) is 0 Å². The molecule has 1 aromatic heterocycles. The Hall–Kier alpha value is -2.16. The second-order valence-corrected chi connectivity index (χ2v) is 6.78. The standard InChI is InChI=1S/C22H20ClNO/c23-22-19(15-17-9-4-5-11-20(17)24-22)21-12-6-10-18(25-21)14-13-16-7-2-1-3-8-16/h1-5,7-9,11,13-15,18,21H,6,10,12H2/b14-13+/t18-,21+/m1/s1. The quantitative estimate of drug-likeness (QED) is 0.524. The molecule has 2 nitrogen and oxygen atoms in total. The van der Waals surface area contributed by atoms with Crippen molar-refractivity contribution in [3.63, 3.8) is 0 Å². The average Bonchev–Trinajstić information content (AvgIpc) is 2.67. The van der Waals surface area contributed by atoms with Crippen LogP contribution in [-0.4, -0.2) is 11.1 Å². The molecule has 25 heavy (non-hydrogen) atoms. The molecule has 0 N–H and O–H groups in total. The summed E-state index contributed by atoms with van der Waals surface area (Å²) in [6, 6.07) is 20.5. The number of halogens is 1. The van der Waals surface area contributed by atoms with E-state index in [-0.39, 0.29) is 12.2 Å². The van der Waals surface area contributed by atoms with Gasteiger partial charge in [0, 0.05) is 10.9 Å². The van der Waals surface area contributed by atoms with Crippen LogP contribution in [0, 0.1) is 0 Å². The van der Waals surface area contributed by atoms with Crippen molar-refractivity contribution in [3.8, 4) is 0 Å². The van der Waals surface area contributed by atoms with Crippen LogP contribution in [0.1, 0.15) is 36.5 Å². The molecule has 3 heteroatoms. The number of benzene rings is 2. The van der Waals surface area contributed by atoms with Crippen molar-refractivity contribution in [3.05, 3.63) is 83.0 Å². The van der Waals surface area contributed by atoms with Crippen molar-refractivity contribution in [2.24, 2.45) is 0 Å². The van der Waals surface area contributed by atoms with E-state index in [4.69, 9.17) is 16.3 Å². The summed E-state index contributed by atoms with van der Waals surface area (Å²) in [6.45, 7) is 0. The number of hydrogen-bond donors (Lipinski definition) is 0. The normalized spacial score (nSPS) is 21.0. The highest BCUT2D eigenvalue weighted by Gasteiger charge is 2.24. The third-order valence-corrected chi connectivity index (χ3v) is 4.95. The van der Waals surface area contributed by atoms with Crippen LogP contribution >= 0.6 is 11.6 Å². The van der Waals surface area contributed by atoms with Gasteiger partial charge in [0.25, 0.3) is 0 Å². The number of ether oxygens (including phenoxy) is 1. The van der Waals surface area contributed by atoms with Gasteiger partial charge >= 0.3 is 0 Å². The molecule has 1 fully saturated rings. The molecule has 0 unspecified atom stereocenters. The lowest BCUT2D eigenvalue weighted by atomic mass is 9.98. The number of pyridine rings is 1. The third-order valence-electron chi connectivity index (χ3n) is 4.65. The van der Waals surface area contributed by atoms with Crippen LogP contribution in [0.2, 0.25) is 5.15 Å². The fourth-order valence-corrected chi connectivity index (χ4v) is 3.61. The zero-order valence-electron chi connectivity index (χ0n) is 13.9. The Morgan fingerprint density at radius 2 is 1.80 bits per heavy atom. The van der Waals surface area contributed by atoms with E-state index in [1.165, 1.54) is 5.56 Å². The Morgan fingerprint density at radius 1 is 1.00 bits per heavy atom. The molecule has 3 aromatic rings. The van der Waals surface area contributed by atoms with Gasteiger partial charge in [-0.25, -0.2) is 4.98 Å². The second kappa shape index (κ2) is 7.38. The summed E-state index contributed by atoms with van der Waals surface area (Å²) in [5.74, 6) is 0. The molecule has 1 aliphatic heterocycles. The molecule has 0 radical (unpaired) electrons. The van der Waals surface area contributed by atoms with Crippen LogP contribution in [0.5, 0.6) is 0 Å². The molecule has 0 amide bonds. The van der Waals surface area contributed by atoms with E-state index in [0.717, 1.165) is 35.7 Å². The summed E-state index contributed by atoms with van der Waals surface area (Å²) in [4.78, 5) is 4.54. The maximum absolute atomic E-state index is 6.45. The van der Waals surface area contributed by atoms with Crippen molar-refractivity contribution in [2.75, 3.05) is 0 Å². The predicted octanol–water partition coefficient (Wildman–Crippen LogP) is 6.21. The fraction of sp³-hybridized carbons (Fsp3) is 0.227. The SMILES string of the molecule is Clc1nc2ccccc2cc1[C@@H]1CCC[C@H](/C=C/c2ccccc2)O1. The first kappa shape index (κ1) is 16.3. The Bertz CT molecular complexity index is 891. The molecular formula is C22H20ClNO. The van der Waals surface area contributed by atoms with E-state index in [1.54, 1.807) is 0 Å². The van der Waals surface area contributed by atoms with Crippen LogP contribution < -0.4 is 0 Å². The van der Waals surface area contributed by atoms with Gasteiger partial charge in [0.05, 0.1) is 17.7 Å². The molecule has 0 spiro atoms. The molecule has 0 bridgehead atoms. The molecule has 0 aliphatic carbocycles. The van der Waals surface area contributed by atoms with E-state index in [9.17, 15) is 0 Å². The van der Waals surface area contributed by atoms with Crippen molar-refractivity contribution < 1.29 is 4.74 Å². The van der Waals surface area contributed by atoms with E-state index in [2.05, 4.69) is 41.4 Å². The number of fused-ring (bicyclic) bond motifs is 1. The lowest BCUT2D eigenvalue weighted by molar-refractivity contribution is -0.0263. The van der Waals surface area contributed by atoms with Crippen molar-refractivity contribution >= 4 is 28.6 Å². The molecule has 2 aromatic carbocycles. The minimum Gasteiger partial charge on any atom is -0.366 e. The van der Waals surface area contributed by atoms with Gasteiger partial charge in [-0.15, -0.1) is 0 Å². The molecule has 1 saturated heterocycles. The summed E-state index contributed by atoms with van der Waals surface area (Å²) in [5, 5.41) is 1.66. The summed E-state index contributed by atoms with van der Waals surface area (Å²) >= 11 is 6.45. The molecule has 1 aliphatic rings. The van der Waals surface area contributed by atoms with Gasteiger partial charge in [-0.2, -0.15) is 0 Å². The number of para-hydroxylation sites is 1. The fourth-order valence-electron chi connectivity index (χ4n) is 3.34. The van der Waals surface area contributed by atoms with E-state index < -0.39 is 0 Å². The van der Waals surface area contributed by atoms with Crippen LogP contribution in [0.15, 0.2) is 66.7 Å². The topological polar surface area (TPSA) is 22.1 Å². The van der Waals surface area contributed by atoms with Gasteiger partial charge < -0.3 is 4.74 Å². The van der Waals surface area contributed by atoms with Crippen molar-refractivity contribution in [2.45, 2.75) is 31.5 Å². The van der Waals surface area contributed by atoms with Gasteiger partial charge in [-0.1, -0.05) is 72.3 Å². The van der Waals surface area contributed by atoms with Gasteiger partial charge in [0.15, 0.2) is 0 Å². The Morgan fingerprint density at radius 3 is 2.68 bits per heavy atom. The highest BCUT2D eigenvalue weighted by atomic mass is 35.5. The van der Waals surface area contributed by atoms with Crippen LogP contribution in [0.25, 0.3) is 17.0 Å². The van der Waals surface area contributed by atoms with Crippen molar-refractivity contribution in [1.82, 2.24) is 4.98 Å². The lowest BCUT2D eigenvalue weighted by Gasteiger charge is -2.29. The molecule has 4 rings (SSSR count). The van der Waals surface area contributed by atoms with Crippen LogP contribution in [0.3, 0.4) is 0 Å². The minimum absolute atomic E-state index is 0.00350.